The third kappa shape index (κ3) is 3.16. The summed E-state index contributed by atoms with van der Waals surface area (Å²) in [6.07, 6.45) is 1.72. The predicted molar refractivity (Wildman–Crippen MR) is 69.5 cm³/mol. The molecule has 2 aromatic carbocycles. The highest BCUT2D eigenvalue weighted by molar-refractivity contribution is 5.25. The highest BCUT2D eigenvalue weighted by Gasteiger charge is 2.10. The Morgan fingerprint density at radius 2 is 1.67 bits per heavy atom. The van der Waals surface area contributed by atoms with Gasteiger partial charge in [0.2, 0.25) is 0 Å². The summed E-state index contributed by atoms with van der Waals surface area (Å²) in [7, 11) is 0. The van der Waals surface area contributed by atoms with E-state index in [1.54, 1.807) is 12.1 Å². The minimum atomic E-state index is -0.223. The number of hydrogen-bond donors (Lipinski definition) is 0. The lowest BCUT2D eigenvalue weighted by Gasteiger charge is -2.15. The van der Waals surface area contributed by atoms with Gasteiger partial charge in [-0.25, -0.2) is 8.78 Å². The summed E-state index contributed by atoms with van der Waals surface area (Å²) in [6, 6.07) is 13.2. The van der Waals surface area contributed by atoms with Crippen LogP contribution in [0.2, 0.25) is 0 Å². The summed E-state index contributed by atoms with van der Waals surface area (Å²) in [5, 5.41) is 0. The molecule has 0 saturated carbocycles. The van der Waals surface area contributed by atoms with Gasteiger partial charge in [-0.1, -0.05) is 31.2 Å². The zero-order chi connectivity index (χ0) is 13.0. The van der Waals surface area contributed by atoms with E-state index < -0.39 is 0 Å². The first-order valence-corrected chi connectivity index (χ1v) is 6.19. The van der Waals surface area contributed by atoms with Crippen LogP contribution in [0.15, 0.2) is 48.5 Å². The van der Waals surface area contributed by atoms with Crippen molar-refractivity contribution in [3.05, 3.63) is 71.3 Å². The van der Waals surface area contributed by atoms with Gasteiger partial charge in [-0.3, -0.25) is 0 Å². The molecule has 1 unspecified atom stereocenters. The Morgan fingerprint density at radius 3 is 2.28 bits per heavy atom. The molecule has 2 rings (SSSR count). The average Bonchev–Trinajstić information content (AvgIpc) is 2.37. The average molecular weight is 246 g/mol. The van der Waals surface area contributed by atoms with Gasteiger partial charge in [0.1, 0.15) is 11.6 Å². The van der Waals surface area contributed by atoms with Crippen LogP contribution in [0.3, 0.4) is 0 Å². The molecule has 2 aromatic rings. The third-order valence-corrected chi connectivity index (χ3v) is 3.21. The van der Waals surface area contributed by atoms with E-state index >= 15 is 0 Å². The molecule has 0 nitrogen and oxygen atoms in total. The van der Waals surface area contributed by atoms with E-state index in [2.05, 4.69) is 6.92 Å². The summed E-state index contributed by atoms with van der Waals surface area (Å²) in [6.45, 7) is 2.09. The fourth-order valence-electron chi connectivity index (χ4n) is 2.18. The van der Waals surface area contributed by atoms with Gasteiger partial charge in [-0.05, 0) is 54.2 Å². The van der Waals surface area contributed by atoms with Crippen LogP contribution in [0.5, 0.6) is 0 Å². The summed E-state index contributed by atoms with van der Waals surface area (Å²) in [5.74, 6) is -0.131. The molecule has 2 heteroatoms. The van der Waals surface area contributed by atoms with Crippen molar-refractivity contribution >= 4 is 0 Å². The molecule has 0 heterocycles. The summed E-state index contributed by atoms with van der Waals surface area (Å²) < 4.78 is 26.0. The summed E-state index contributed by atoms with van der Waals surface area (Å²) in [5.41, 5.74) is 2.08. The topological polar surface area (TPSA) is 0 Å². The molecular formula is C16H16F2. The largest absolute Gasteiger partial charge is 0.207 e. The highest BCUT2D eigenvalue weighted by Crippen LogP contribution is 2.24. The molecule has 0 bridgehead atoms. The molecule has 0 aliphatic carbocycles. The second-order valence-corrected chi connectivity index (χ2v) is 4.49. The van der Waals surface area contributed by atoms with E-state index in [0.717, 1.165) is 24.0 Å². The third-order valence-electron chi connectivity index (χ3n) is 3.21. The second-order valence-electron chi connectivity index (χ2n) is 4.49. The maximum absolute atomic E-state index is 13.1. The zero-order valence-electron chi connectivity index (χ0n) is 10.4. The monoisotopic (exact) mass is 246 g/mol. The quantitative estimate of drug-likeness (QED) is 0.733. The van der Waals surface area contributed by atoms with Crippen LogP contribution in [-0.2, 0) is 6.42 Å². The molecule has 0 aromatic heterocycles. The van der Waals surface area contributed by atoms with Crippen molar-refractivity contribution in [1.29, 1.82) is 0 Å². The molecule has 0 aliphatic heterocycles. The number of halogens is 2. The van der Waals surface area contributed by atoms with Crippen LogP contribution < -0.4 is 0 Å². The van der Waals surface area contributed by atoms with E-state index in [-0.39, 0.29) is 11.6 Å². The van der Waals surface area contributed by atoms with Crippen molar-refractivity contribution < 1.29 is 8.78 Å². The van der Waals surface area contributed by atoms with Crippen LogP contribution in [0.25, 0.3) is 0 Å². The molecule has 0 amide bonds. The smallest absolute Gasteiger partial charge is 0.123 e. The Kier molecular flexibility index (Phi) is 4.08. The van der Waals surface area contributed by atoms with Crippen molar-refractivity contribution in [2.75, 3.05) is 0 Å². The van der Waals surface area contributed by atoms with E-state index in [9.17, 15) is 8.78 Å². The van der Waals surface area contributed by atoms with Gasteiger partial charge in [0.05, 0.1) is 0 Å². The zero-order valence-corrected chi connectivity index (χ0v) is 10.4. The minimum Gasteiger partial charge on any atom is -0.207 e. The number of hydrogen-bond acceptors (Lipinski definition) is 0. The molecule has 1 atom stereocenters. The predicted octanol–water partition coefficient (Wildman–Crippen LogP) is 4.70. The molecule has 0 N–H and O–H groups in total. The Hall–Kier alpha value is -1.70. The van der Waals surface area contributed by atoms with Crippen LogP contribution in [0, 0.1) is 11.6 Å². The molecule has 0 fully saturated rings. The fourth-order valence-corrected chi connectivity index (χ4v) is 2.18. The van der Waals surface area contributed by atoms with Crippen molar-refractivity contribution in [1.82, 2.24) is 0 Å². The number of benzene rings is 2. The van der Waals surface area contributed by atoms with Crippen molar-refractivity contribution in [2.45, 2.75) is 25.7 Å². The Bertz CT molecular complexity index is 503. The Morgan fingerprint density at radius 1 is 0.944 bits per heavy atom. The Balaban J connectivity index is 2.17. The highest BCUT2D eigenvalue weighted by atomic mass is 19.1. The van der Waals surface area contributed by atoms with Gasteiger partial charge in [-0.15, -0.1) is 0 Å². The van der Waals surface area contributed by atoms with E-state index in [1.807, 2.05) is 18.2 Å². The van der Waals surface area contributed by atoms with E-state index in [4.69, 9.17) is 0 Å². The van der Waals surface area contributed by atoms with Crippen molar-refractivity contribution in [3.63, 3.8) is 0 Å². The van der Waals surface area contributed by atoms with Gasteiger partial charge >= 0.3 is 0 Å². The van der Waals surface area contributed by atoms with Gasteiger partial charge in [0, 0.05) is 0 Å². The molecule has 0 radical (unpaired) electrons. The molecule has 0 saturated heterocycles. The van der Waals surface area contributed by atoms with Crippen molar-refractivity contribution in [2.24, 2.45) is 0 Å². The molecule has 94 valence electrons. The van der Waals surface area contributed by atoms with Crippen molar-refractivity contribution in [3.8, 4) is 0 Å². The first kappa shape index (κ1) is 12.7. The van der Waals surface area contributed by atoms with Crippen LogP contribution in [-0.4, -0.2) is 0 Å². The normalized spacial score (nSPS) is 12.4. The maximum Gasteiger partial charge on any atom is 0.123 e. The van der Waals surface area contributed by atoms with E-state index in [0.29, 0.717) is 5.92 Å². The first-order chi connectivity index (χ1) is 8.69. The lowest BCUT2D eigenvalue weighted by atomic mass is 9.90. The van der Waals surface area contributed by atoms with E-state index in [1.165, 1.54) is 18.2 Å². The summed E-state index contributed by atoms with van der Waals surface area (Å²) >= 11 is 0. The summed E-state index contributed by atoms with van der Waals surface area (Å²) in [4.78, 5) is 0. The SMILES string of the molecule is CCC(Cc1cccc(F)c1)c1ccc(F)cc1. The maximum atomic E-state index is 13.1. The van der Waals surface area contributed by atoms with Gasteiger partial charge in [0.25, 0.3) is 0 Å². The molecule has 0 aliphatic rings. The lowest BCUT2D eigenvalue weighted by molar-refractivity contribution is 0.612. The number of rotatable bonds is 4. The van der Waals surface area contributed by atoms with Crippen LogP contribution >= 0.6 is 0 Å². The van der Waals surface area contributed by atoms with Crippen LogP contribution in [0.4, 0.5) is 8.78 Å². The molecule has 18 heavy (non-hydrogen) atoms. The van der Waals surface area contributed by atoms with Gasteiger partial charge < -0.3 is 0 Å². The van der Waals surface area contributed by atoms with Gasteiger partial charge in [-0.2, -0.15) is 0 Å². The van der Waals surface area contributed by atoms with Gasteiger partial charge in [0.15, 0.2) is 0 Å². The van der Waals surface area contributed by atoms with Crippen LogP contribution in [0.1, 0.15) is 30.4 Å². The molecular weight excluding hydrogens is 230 g/mol. The second kappa shape index (κ2) is 5.76. The molecule has 0 spiro atoms. The fraction of sp³-hybridized carbons (Fsp3) is 0.250. The standard InChI is InChI=1S/C16H16F2/c1-2-13(14-6-8-15(17)9-7-14)10-12-4-3-5-16(18)11-12/h3-9,11,13H,2,10H2,1H3. The first-order valence-electron chi connectivity index (χ1n) is 6.19. The minimum absolute atomic E-state index is 0.207. The Labute approximate surface area is 106 Å². The lowest BCUT2D eigenvalue weighted by Crippen LogP contribution is -2.02.